The van der Waals surface area contributed by atoms with E-state index in [9.17, 15) is 31.1 Å². The van der Waals surface area contributed by atoms with E-state index in [4.69, 9.17) is 11.6 Å². The normalized spacial score (nSPS) is 16.4. The fourth-order valence-electron chi connectivity index (χ4n) is 4.07. The minimum atomic E-state index is -4.76. The Bertz CT molecular complexity index is 1210. The van der Waals surface area contributed by atoms with Gasteiger partial charge in [0.25, 0.3) is 0 Å². The molecule has 2 aromatic carbocycles. The number of rotatable bonds is 5. The highest BCUT2D eigenvalue weighted by atomic mass is 35.5. The molecule has 13 heteroatoms. The molecule has 3 aromatic rings. The summed E-state index contributed by atoms with van der Waals surface area (Å²) in [6.07, 6.45) is -8.31. The summed E-state index contributed by atoms with van der Waals surface area (Å²) in [5.74, 6) is -1.18. The van der Waals surface area contributed by atoms with E-state index in [1.54, 1.807) is 24.3 Å². The van der Waals surface area contributed by atoms with Crippen LogP contribution in [0.4, 0.5) is 31.1 Å². The van der Waals surface area contributed by atoms with Gasteiger partial charge in [-0.3, -0.25) is 0 Å². The third-order valence-corrected chi connectivity index (χ3v) is 6.08. The van der Waals surface area contributed by atoms with Gasteiger partial charge < -0.3 is 14.8 Å². The van der Waals surface area contributed by atoms with E-state index >= 15 is 0 Å². The Hall–Kier alpha value is -3.28. The Morgan fingerprint density at radius 3 is 2.19 bits per heavy atom. The van der Waals surface area contributed by atoms with E-state index < -0.39 is 35.8 Å². The molecule has 2 heterocycles. The summed E-state index contributed by atoms with van der Waals surface area (Å²) in [5, 5.41) is 10.2. The molecule has 2 amide bonds. The molecule has 192 valence electrons. The molecule has 1 aliphatic heterocycles. The molecule has 0 spiro atoms. The van der Waals surface area contributed by atoms with Crippen LogP contribution < -0.4 is 5.32 Å². The Morgan fingerprint density at radius 2 is 1.58 bits per heavy atom. The lowest BCUT2D eigenvalue weighted by molar-refractivity contribution is -0.147. The monoisotopic (exact) mass is 531 g/mol. The van der Waals surface area contributed by atoms with Crippen LogP contribution in [0.25, 0.3) is 0 Å². The van der Waals surface area contributed by atoms with Gasteiger partial charge in [0, 0.05) is 18.1 Å². The maximum absolute atomic E-state index is 13.7. The molecule has 1 saturated heterocycles. The predicted octanol–water partition coefficient (Wildman–Crippen LogP) is 6.06. The van der Waals surface area contributed by atoms with Crippen LogP contribution >= 0.6 is 11.6 Å². The molecule has 0 saturated carbocycles. The number of nitrogens with one attached hydrogen (secondary N) is 1. The first kappa shape index (κ1) is 25.8. The third kappa shape index (κ3) is 5.75. The van der Waals surface area contributed by atoms with Crippen LogP contribution in [0.3, 0.4) is 0 Å². The van der Waals surface area contributed by atoms with Gasteiger partial charge in [-0.15, -0.1) is 10.2 Å². The van der Waals surface area contributed by atoms with Crippen molar-refractivity contribution in [2.75, 3.05) is 6.54 Å². The van der Waals surface area contributed by atoms with Gasteiger partial charge in [0.2, 0.25) is 5.82 Å². The van der Waals surface area contributed by atoms with Crippen LogP contribution in [0.15, 0.2) is 48.5 Å². The highest BCUT2D eigenvalue weighted by Gasteiger charge is 2.42. The molecule has 1 atom stereocenters. The number of carbonyl (C=O) groups excluding carboxylic acids is 1. The molecular formula is C23H20ClF6N5O. The van der Waals surface area contributed by atoms with Crippen molar-refractivity contribution in [1.82, 2.24) is 25.0 Å². The second kappa shape index (κ2) is 10.00. The first-order chi connectivity index (χ1) is 16.9. The van der Waals surface area contributed by atoms with Crippen LogP contribution in [0.5, 0.6) is 0 Å². The highest BCUT2D eigenvalue weighted by Crippen LogP contribution is 2.35. The fourth-order valence-corrected chi connectivity index (χ4v) is 4.19. The quantitative estimate of drug-likeness (QED) is 0.407. The number of likely N-dealkylation sites (tertiary alicyclic amines) is 1. The zero-order valence-electron chi connectivity index (χ0n) is 18.6. The van der Waals surface area contributed by atoms with Crippen molar-refractivity contribution >= 4 is 17.6 Å². The fraction of sp³-hybridized carbons (Fsp3) is 0.348. The predicted molar refractivity (Wildman–Crippen MR) is 118 cm³/mol. The van der Waals surface area contributed by atoms with Crippen molar-refractivity contribution in [1.29, 1.82) is 0 Å². The van der Waals surface area contributed by atoms with Crippen molar-refractivity contribution < 1.29 is 31.1 Å². The van der Waals surface area contributed by atoms with Crippen molar-refractivity contribution in [2.45, 2.75) is 44.3 Å². The Kier molecular flexibility index (Phi) is 7.17. The number of alkyl halides is 6. The Balaban J connectivity index is 1.53. The van der Waals surface area contributed by atoms with Gasteiger partial charge in [-0.1, -0.05) is 35.9 Å². The van der Waals surface area contributed by atoms with Crippen LogP contribution in [0.2, 0.25) is 5.02 Å². The SMILES string of the molecule is O=C(NCc1ccc(C(F)(F)F)cc1)N1CCC[C@@H]1c1nnc(C(F)(F)F)n1Cc1ccc(Cl)cc1. The zero-order valence-corrected chi connectivity index (χ0v) is 19.3. The summed E-state index contributed by atoms with van der Waals surface area (Å²) in [7, 11) is 0. The molecule has 1 aliphatic rings. The largest absolute Gasteiger partial charge is 0.451 e. The topological polar surface area (TPSA) is 63.1 Å². The smallest absolute Gasteiger partial charge is 0.334 e. The summed E-state index contributed by atoms with van der Waals surface area (Å²) < 4.78 is 80.2. The maximum Gasteiger partial charge on any atom is 0.451 e. The number of amides is 2. The molecule has 0 bridgehead atoms. The standard InChI is InChI=1S/C23H20ClF6N5O/c24-17-9-5-15(6-10-17)13-35-19(32-33-20(35)23(28,29)30)18-2-1-11-34(18)21(36)31-12-14-3-7-16(8-4-14)22(25,26)27/h3-10,18H,1-2,11-13H2,(H,31,36)/t18-/m1/s1. The molecular weight excluding hydrogens is 512 g/mol. The summed E-state index contributed by atoms with van der Waals surface area (Å²) in [4.78, 5) is 14.2. The first-order valence-electron chi connectivity index (χ1n) is 10.9. The number of hydrogen-bond acceptors (Lipinski definition) is 3. The number of urea groups is 1. The van der Waals surface area contributed by atoms with Crippen LogP contribution in [0, 0.1) is 0 Å². The van der Waals surface area contributed by atoms with Crippen molar-refractivity contribution in [2.24, 2.45) is 0 Å². The van der Waals surface area contributed by atoms with Gasteiger partial charge in [-0.05, 0) is 48.2 Å². The molecule has 0 radical (unpaired) electrons. The summed E-state index contributed by atoms with van der Waals surface area (Å²) in [6.45, 7) is 0.0516. The van der Waals surface area contributed by atoms with Crippen LogP contribution in [-0.4, -0.2) is 32.2 Å². The number of benzene rings is 2. The summed E-state index contributed by atoms with van der Waals surface area (Å²) >= 11 is 5.88. The second-order valence-corrected chi connectivity index (χ2v) is 8.73. The number of carbonyl (C=O) groups is 1. The Morgan fingerprint density at radius 1 is 0.944 bits per heavy atom. The van der Waals surface area contributed by atoms with Gasteiger partial charge in [0.1, 0.15) is 0 Å². The van der Waals surface area contributed by atoms with E-state index in [1.165, 1.54) is 17.0 Å². The maximum atomic E-state index is 13.7. The second-order valence-electron chi connectivity index (χ2n) is 8.30. The average molecular weight is 532 g/mol. The van der Waals surface area contributed by atoms with Gasteiger partial charge >= 0.3 is 18.4 Å². The van der Waals surface area contributed by atoms with Gasteiger partial charge in [-0.2, -0.15) is 26.3 Å². The van der Waals surface area contributed by atoms with E-state index in [0.29, 0.717) is 29.0 Å². The zero-order chi connectivity index (χ0) is 26.1. The number of halogens is 7. The van der Waals surface area contributed by atoms with Gasteiger partial charge in [0.05, 0.1) is 18.2 Å². The average Bonchev–Trinajstić information content (AvgIpc) is 3.45. The number of nitrogens with zero attached hydrogens (tertiary/aromatic N) is 4. The molecule has 1 aromatic heterocycles. The van der Waals surface area contributed by atoms with E-state index in [-0.39, 0.29) is 25.5 Å². The highest BCUT2D eigenvalue weighted by molar-refractivity contribution is 6.30. The molecule has 1 N–H and O–H groups in total. The Labute approximate surface area is 206 Å². The van der Waals surface area contributed by atoms with Crippen molar-refractivity contribution in [3.05, 3.63) is 81.9 Å². The van der Waals surface area contributed by atoms with Crippen molar-refractivity contribution in [3.63, 3.8) is 0 Å². The number of hydrogen-bond donors (Lipinski definition) is 1. The van der Waals surface area contributed by atoms with E-state index in [1.807, 2.05) is 0 Å². The summed E-state index contributed by atoms with van der Waals surface area (Å²) in [6, 6.07) is 9.32. The van der Waals surface area contributed by atoms with Crippen molar-refractivity contribution in [3.8, 4) is 0 Å². The molecule has 4 rings (SSSR count). The van der Waals surface area contributed by atoms with E-state index in [2.05, 4.69) is 15.5 Å². The van der Waals surface area contributed by atoms with E-state index in [0.717, 1.165) is 16.7 Å². The number of aromatic nitrogens is 3. The minimum Gasteiger partial charge on any atom is -0.334 e. The van der Waals surface area contributed by atoms with Gasteiger partial charge in [-0.25, -0.2) is 4.79 Å². The third-order valence-electron chi connectivity index (χ3n) is 5.82. The molecule has 0 aliphatic carbocycles. The molecule has 0 unspecified atom stereocenters. The first-order valence-corrected chi connectivity index (χ1v) is 11.3. The lowest BCUT2D eigenvalue weighted by Gasteiger charge is -2.25. The molecule has 36 heavy (non-hydrogen) atoms. The molecule has 6 nitrogen and oxygen atoms in total. The molecule has 1 fully saturated rings. The lowest BCUT2D eigenvalue weighted by Crippen LogP contribution is -2.40. The van der Waals surface area contributed by atoms with Crippen LogP contribution in [-0.2, 0) is 25.4 Å². The van der Waals surface area contributed by atoms with Gasteiger partial charge in [0.15, 0.2) is 5.82 Å². The lowest BCUT2D eigenvalue weighted by atomic mass is 10.1. The minimum absolute atomic E-state index is 0.000505. The summed E-state index contributed by atoms with van der Waals surface area (Å²) in [5.41, 5.74) is 0.178. The van der Waals surface area contributed by atoms with Crippen LogP contribution in [0.1, 0.15) is 47.2 Å².